The molecule has 0 amide bonds. The highest BCUT2D eigenvalue weighted by molar-refractivity contribution is 7.09. The molecule has 0 saturated heterocycles. The monoisotopic (exact) mass is 307 g/mol. The van der Waals surface area contributed by atoms with E-state index in [2.05, 4.69) is 29.3 Å². The average molecular weight is 308 g/mol. The van der Waals surface area contributed by atoms with Gasteiger partial charge in [0.25, 0.3) is 0 Å². The zero-order chi connectivity index (χ0) is 14.5. The molecule has 0 fully saturated rings. The number of Topliss-reactive ketones (excluding diaryl/α,β-unsaturated/α-hetero) is 1. The molecule has 2 aromatic rings. The molecular formula is C16H18ClNOS. The van der Waals surface area contributed by atoms with Crippen molar-refractivity contribution in [2.45, 2.75) is 19.4 Å². The van der Waals surface area contributed by atoms with Crippen molar-refractivity contribution in [3.8, 4) is 0 Å². The molecule has 0 aliphatic carbocycles. The van der Waals surface area contributed by atoms with Gasteiger partial charge in [0.1, 0.15) is 0 Å². The Morgan fingerprint density at radius 2 is 2.15 bits per heavy atom. The number of carbonyl (C=O) groups is 1. The Hall–Kier alpha value is -1.16. The molecule has 0 spiro atoms. The van der Waals surface area contributed by atoms with Crippen LogP contribution in [0.3, 0.4) is 0 Å². The van der Waals surface area contributed by atoms with E-state index in [-0.39, 0.29) is 5.78 Å². The third-order valence-electron chi connectivity index (χ3n) is 3.37. The number of halogens is 1. The lowest BCUT2D eigenvalue weighted by molar-refractivity contribution is 0.0924. The van der Waals surface area contributed by atoms with Crippen LogP contribution in [0.1, 0.15) is 22.2 Å². The second-order valence-electron chi connectivity index (χ2n) is 4.98. The molecular weight excluding hydrogens is 290 g/mol. The Morgan fingerprint density at radius 1 is 1.35 bits per heavy atom. The minimum Gasteiger partial charge on any atom is -0.296 e. The second kappa shape index (κ2) is 7.02. The van der Waals surface area contributed by atoms with Gasteiger partial charge in [-0.25, -0.2) is 0 Å². The van der Waals surface area contributed by atoms with E-state index in [0.29, 0.717) is 23.2 Å². The number of ketones is 1. The largest absolute Gasteiger partial charge is 0.296 e. The Labute approximate surface area is 129 Å². The summed E-state index contributed by atoms with van der Waals surface area (Å²) < 4.78 is 0. The highest BCUT2D eigenvalue weighted by atomic mass is 35.5. The summed E-state index contributed by atoms with van der Waals surface area (Å²) in [5, 5.41) is 2.68. The van der Waals surface area contributed by atoms with Gasteiger partial charge in [-0.05, 0) is 44.0 Å². The Balaban J connectivity index is 1.93. The lowest BCUT2D eigenvalue weighted by atomic mass is 10.1. The summed E-state index contributed by atoms with van der Waals surface area (Å²) in [4.78, 5) is 15.6. The van der Waals surface area contributed by atoms with E-state index < -0.39 is 0 Å². The Kier molecular flexibility index (Phi) is 5.35. The van der Waals surface area contributed by atoms with Crippen LogP contribution in [-0.4, -0.2) is 30.3 Å². The van der Waals surface area contributed by atoms with Crippen molar-refractivity contribution in [1.82, 2.24) is 4.90 Å². The number of carbonyl (C=O) groups excluding carboxylic acids is 1. The minimum absolute atomic E-state index is 0.105. The molecule has 106 valence electrons. The van der Waals surface area contributed by atoms with Crippen molar-refractivity contribution >= 4 is 28.7 Å². The van der Waals surface area contributed by atoms with Gasteiger partial charge in [-0.15, -0.1) is 11.3 Å². The van der Waals surface area contributed by atoms with Crippen molar-refractivity contribution in [2.24, 2.45) is 0 Å². The smallest absolute Gasteiger partial charge is 0.176 e. The molecule has 0 saturated carbocycles. The summed E-state index contributed by atoms with van der Waals surface area (Å²) in [5.41, 5.74) is 0.674. The fourth-order valence-corrected chi connectivity index (χ4v) is 3.03. The molecule has 4 heteroatoms. The summed E-state index contributed by atoms with van der Waals surface area (Å²) in [6.45, 7) is 2.55. The van der Waals surface area contributed by atoms with Crippen LogP contribution >= 0.6 is 22.9 Å². The van der Waals surface area contributed by atoms with Crippen LogP contribution < -0.4 is 0 Å². The molecule has 1 heterocycles. The lowest BCUT2D eigenvalue weighted by Gasteiger charge is -2.23. The zero-order valence-electron chi connectivity index (χ0n) is 11.7. The van der Waals surface area contributed by atoms with Crippen LogP contribution in [0.4, 0.5) is 0 Å². The molecule has 0 bridgehead atoms. The number of rotatable bonds is 6. The molecule has 2 rings (SSSR count). The highest BCUT2D eigenvalue weighted by Crippen LogP contribution is 2.15. The predicted octanol–water partition coefficient (Wildman–Crippen LogP) is 4.15. The van der Waals surface area contributed by atoms with Crippen LogP contribution in [0.5, 0.6) is 0 Å². The van der Waals surface area contributed by atoms with Gasteiger partial charge in [0.05, 0.1) is 6.54 Å². The van der Waals surface area contributed by atoms with Crippen LogP contribution in [0.2, 0.25) is 5.02 Å². The zero-order valence-corrected chi connectivity index (χ0v) is 13.2. The first kappa shape index (κ1) is 15.2. The normalized spacial score (nSPS) is 12.6. The lowest BCUT2D eigenvalue weighted by Crippen LogP contribution is -2.35. The van der Waals surface area contributed by atoms with E-state index in [4.69, 9.17) is 11.6 Å². The third-order valence-corrected chi connectivity index (χ3v) is 4.50. The van der Waals surface area contributed by atoms with E-state index in [1.165, 1.54) is 4.88 Å². The molecule has 1 aromatic carbocycles. The van der Waals surface area contributed by atoms with Gasteiger partial charge < -0.3 is 0 Å². The first-order chi connectivity index (χ1) is 9.56. The van der Waals surface area contributed by atoms with E-state index in [1.54, 1.807) is 23.5 Å². The fraction of sp³-hybridized carbons (Fsp3) is 0.312. The summed E-state index contributed by atoms with van der Waals surface area (Å²) >= 11 is 7.68. The van der Waals surface area contributed by atoms with Gasteiger partial charge in [0.2, 0.25) is 0 Å². The second-order valence-corrected chi connectivity index (χ2v) is 6.45. The van der Waals surface area contributed by atoms with Crippen LogP contribution in [0.15, 0.2) is 41.8 Å². The maximum atomic E-state index is 12.2. The maximum Gasteiger partial charge on any atom is 0.176 e. The first-order valence-corrected chi connectivity index (χ1v) is 7.83. The molecule has 20 heavy (non-hydrogen) atoms. The summed E-state index contributed by atoms with van der Waals surface area (Å²) in [7, 11) is 1.99. The van der Waals surface area contributed by atoms with E-state index in [9.17, 15) is 4.79 Å². The van der Waals surface area contributed by atoms with E-state index >= 15 is 0 Å². The van der Waals surface area contributed by atoms with Gasteiger partial charge in [0, 0.05) is 21.5 Å². The highest BCUT2D eigenvalue weighted by Gasteiger charge is 2.15. The fourth-order valence-electron chi connectivity index (χ4n) is 2.01. The molecule has 1 atom stereocenters. The van der Waals surface area contributed by atoms with E-state index in [1.807, 2.05) is 19.2 Å². The number of likely N-dealkylation sites (N-methyl/N-ethyl adjacent to an activating group) is 1. The van der Waals surface area contributed by atoms with Crippen molar-refractivity contribution in [3.05, 3.63) is 57.2 Å². The molecule has 0 N–H and O–H groups in total. The minimum atomic E-state index is 0.105. The van der Waals surface area contributed by atoms with Crippen LogP contribution in [0.25, 0.3) is 0 Å². The summed E-state index contributed by atoms with van der Waals surface area (Å²) in [5.74, 6) is 0.105. The van der Waals surface area contributed by atoms with E-state index in [0.717, 1.165) is 6.42 Å². The summed E-state index contributed by atoms with van der Waals surface area (Å²) in [6.07, 6.45) is 0.969. The average Bonchev–Trinajstić information content (AvgIpc) is 2.91. The van der Waals surface area contributed by atoms with Gasteiger partial charge >= 0.3 is 0 Å². The van der Waals surface area contributed by atoms with Crippen molar-refractivity contribution < 1.29 is 4.79 Å². The number of hydrogen-bond acceptors (Lipinski definition) is 3. The molecule has 0 aliphatic heterocycles. The number of thiophene rings is 1. The van der Waals surface area contributed by atoms with Crippen LogP contribution in [0, 0.1) is 0 Å². The first-order valence-electron chi connectivity index (χ1n) is 6.57. The number of hydrogen-bond donors (Lipinski definition) is 0. The quantitative estimate of drug-likeness (QED) is 0.747. The van der Waals surface area contributed by atoms with Crippen molar-refractivity contribution in [3.63, 3.8) is 0 Å². The van der Waals surface area contributed by atoms with Gasteiger partial charge in [-0.2, -0.15) is 0 Å². The van der Waals surface area contributed by atoms with Gasteiger partial charge in [-0.1, -0.05) is 29.8 Å². The molecule has 0 aliphatic rings. The molecule has 1 aromatic heterocycles. The molecule has 0 radical (unpaired) electrons. The molecule has 2 nitrogen and oxygen atoms in total. The Bertz CT molecular complexity index is 568. The van der Waals surface area contributed by atoms with Gasteiger partial charge in [-0.3, -0.25) is 9.69 Å². The maximum absolute atomic E-state index is 12.2. The van der Waals surface area contributed by atoms with Crippen molar-refractivity contribution in [1.29, 1.82) is 0 Å². The molecule has 1 unspecified atom stereocenters. The van der Waals surface area contributed by atoms with Crippen molar-refractivity contribution in [2.75, 3.05) is 13.6 Å². The topological polar surface area (TPSA) is 20.3 Å². The standard InChI is InChI=1S/C16H18ClNOS/c1-12(9-15-7-4-8-20-15)18(2)11-16(19)13-5-3-6-14(17)10-13/h3-8,10,12H,9,11H2,1-2H3. The van der Waals surface area contributed by atoms with Gasteiger partial charge in [0.15, 0.2) is 5.78 Å². The number of nitrogens with zero attached hydrogens (tertiary/aromatic N) is 1. The Morgan fingerprint density at radius 3 is 2.80 bits per heavy atom. The predicted molar refractivity (Wildman–Crippen MR) is 85.9 cm³/mol. The summed E-state index contributed by atoms with van der Waals surface area (Å²) in [6, 6.07) is 11.6. The number of benzene rings is 1. The third kappa shape index (κ3) is 4.17. The van der Waals surface area contributed by atoms with Crippen LogP contribution in [-0.2, 0) is 6.42 Å². The SMILES string of the molecule is CC(Cc1cccs1)N(C)CC(=O)c1cccc(Cl)c1.